The van der Waals surface area contributed by atoms with Gasteiger partial charge in [0, 0.05) is 11.1 Å². The average molecular weight is 256 g/mol. The van der Waals surface area contributed by atoms with E-state index < -0.39 is 0 Å². The molecule has 0 aromatic heterocycles. The highest BCUT2D eigenvalue weighted by Gasteiger charge is 2.06. The van der Waals surface area contributed by atoms with Gasteiger partial charge in [-0.1, -0.05) is 43.9 Å². The van der Waals surface area contributed by atoms with Crippen LogP contribution in [-0.4, -0.2) is 19.7 Å². The molecular weight excluding hydrogens is 234 g/mol. The lowest BCUT2D eigenvalue weighted by molar-refractivity contribution is 0.260. The molecule has 0 saturated carbocycles. The Morgan fingerprint density at radius 2 is 2.18 bits per heavy atom. The maximum atomic E-state index is 5.90. The van der Waals surface area contributed by atoms with Gasteiger partial charge in [0.15, 0.2) is 0 Å². The highest BCUT2D eigenvalue weighted by molar-refractivity contribution is 6.30. The first-order valence-electron chi connectivity index (χ1n) is 6.32. The summed E-state index contributed by atoms with van der Waals surface area (Å²) in [4.78, 5) is 0. The van der Waals surface area contributed by atoms with E-state index in [1.807, 2.05) is 31.3 Å². The second-order valence-corrected chi connectivity index (χ2v) is 4.69. The Morgan fingerprint density at radius 3 is 2.82 bits per heavy atom. The molecule has 0 radical (unpaired) electrons. The topological polar surface area (TPSA) is 21.3 Å². The van der Waals surface area contributed by atoms with Crippen LogP contribution in [0.2, 0.25) is 5.02 Å². The second kappa shape index (κ2) is 8.37. The molecule has 2 nitrogen and oxygen atoms in total. The first-order chi connectivity index (χ1) is 8.26. The second-order valence-electron chi connectivity index (χ2n) is 4.25. The fraction of sp³-hybridized carbons (Fsp3) is 0.571. The number of benzene rings is 1. The highest BCUT2D eigenvalue weighted by atomic mass is 35.5. The van der Waals surface area contributed by atoms with E-state index in [-0.39, 0.29) is 0 Å². The summed E-state index contributed by atoms with van der Waals surface area (Å²) in [6.07, 6.45) is 4.95. The molecule has 0 bridgehead atoms. The molecule has 0 saturated heterocycles. The summed E-state index contributed by atoms with van der Waals surface area (Å²) >= 11 is 5.90. The number of hydrogen-bond acceptors (Lipinski definition) is 2. The van der Waals surface area contributed by atoms with Gasteiger partial charge < -0.3 is 10.1 Å². The van der Waals surface area contributed by atoms with Gasteiger partial charge in [-0.05, 0) is 31.7 Å². The molecule has 0 fully saturated rings. The van der Waals surface area contributed by atoms with E-state index in [0.29, 0.717) is 12.6 Å². The minimum Gasteiger partial charge on any atom is -0.492 e. The molecule has 96 valence electrons. The van der Waals surface area contributed by atoms with Crippen LogP contribution in [0.3, 0.4) is 0 Å². The summed E-state index contributed by atoms with van der Waals surface area (Å²) in [5, 5.41) is 4.00. The fourth-order valence-electron chi connectivity index (χ4n) is 1.71. The van der Waals surface area contributed by atoms with Crippen LogP contribution in [0.4, 0.5) is 0 Å². The van der Waals surface area contributed by atoms with Gasteiger partial charge in [-0.3, -0.25) is 0 Å². The van der Waals surface area contributed by atoms with E-state index >= 15 is 0 Å². The van der Waals surface area contributed by atoms with Gasteiger partial charge in [-0.25, -0.2) is 0 Å². The third kappa shape index (κ3) is 5.94. The normalized spacial score (nSPS) is 12.4. The van der Waals surface area contributed by atoms with Crippen molar-refractivity contribution in [1.82, 2.24) is 5.32 Å². The van der Waals surface area contributed by atoms with Gasteiger partial charge in [0.2, 0.25) is 0 Å². The van der Waals surface area contributed by atoms with Crippen LogP contribution in [0.1, 0.15) is 32.6 Å². The molecular formula is C14H22ClNO. The van der Waals surface area contributed by atoms with Crippen molar-refractivity contribution in [2.45, 2.75) is 38.6 Å². The van der Waals surface area contributed by atoms with Crippen LogP contribution in [0.15, 0.2) is 24.3 Å². The van der Waals surface area contributed by atoms with Crippen LogP contribution in [0.5, 0.6) is 5.75 Å². The van der Waals surface area contributed by atoms with Gasteiger partial charge in [0.1, 0.15) is 12.4 Å². The van der Waals surface area contributed by atoms with Gasteiger partial charge in [-0.15, -0.1) is 0 Å². The molecule has 0 aliphatic rings. The number of hydrogen-bond donors (Lipinski definition) is 1. The monoisotopic (exact) mass is 255 g/mol. The van der Waals surface area contributed by atoms with E-state index in [9.17, 15) is 0 Å². The smallest absolute Gasteiger partial charge is 0.120 e. The Bertz CT molecular complexity index is 317. The van der Waals surface area contributed by atoms with Gasteiger partial charge in [0.05, 0.1) is 0 Å². The standard InChI is InChI=1S/C14H22ClNO/c1-3-4-5-8-13(16-2)11-17-14-9-6-7-12(15)10-14/h6-7,9-10,13,16H,3-5,8,11H2,1-2H3. The zero-order valence-corrected chi connectivity index (χ0v) is 11.5. The van der Waals surface area contributed by atoms with Crippen molar-refractivity contribution in [2.24, 2.45) is 0 Å². The summed E-state index contributed by atoms with van der Waals surface area (Å²) in [7, 11) is 1.98. The number of nitrogens with one attached hydrogen (secondary N) is 1. The van der Waals surface area contributed by atoms with Crippen LogP contribution in [-0.2, 0) is 0 Å². The third-order valence-electron chi connectivity index (χ3n) is 2.81. The number of halogens is 1. The Balaban J connectivity index is 2.31. The summed E-state index contributed by atoms with van der Waals surface area (Å²) in [5.74, 6) is 0.841. The molecule has 3 heteroatoms. The summed E-state index contributed by atoms with van der Waals surface area (Å²) in [6.45, 7) is 2.91. The predicted octanol–water partition coefficient (Wildman–Crippen LogP) is 3.89. The van der Waals surface area contributed by atoms with E-state index in [1.54, 1.807) is 0 Å². The maximum absolute atomic E-state index is 5.90. The van der Waals surface area contributed by atoms with Gasteiger partial charge >= 0.3 is 0 Å². The molecule has 1 rings (SSSR count). The van der Waals surface area contributed by atoms with E-state index in [1.165, 1.54) is 19.3 Å². The molecule has 1 atom stereocenters. The average Bonchev–Trinajstić information content (AvgIpc) is 2.34. The van der Waals surface area contributed by atoms with Crippen LogP contribution >= 0.6 is 11.6 Å². The highest BCUT2D eigenvalue weighted by Crippen LogP contribution is 2.17. The zero-order valence-electron chi connectivity index (χ0n) is 10.7. The lowest BCUT2D eigenvalue weighted by atomic mass is 10.1. The lowest BCUT2D eigenvalue weighted by Crippen LogP contribution is -2.31. The zero-order chi connectivity index (χ0) is 12.5. The maximum Gasteiger partial charge on any atom is 0.120 e. The summed E-state index contributed by atoms with van der Waals surface area (Å²) < 4.78 is 5.72. The molecule has 1 unspecified atom stereocenters. The number of unbranched alkanes of at least 4 members (excludes halogenated alkanes) is 2. The molecule has 1 N–H and O–H groups in total. The minimum atomic E-state index is 0.417. The molecule has 0 aliphatic carbocycles. The molecule has 17 heavy (non-hydrogen) atoms. The Kier molecular flexibility index (Phi) is 7.06. The first-order valence-corrected chi connectivity index (χ1v) is 6.69. The minimum absolute atomic E-state index is 0.417. The van der Waals surface area contributed by atoms with Crippen LogP contribution in [0.25, 0.3) is 0 Å². The van der Waals surface area contributed by atoms with E-state index in [0.717, 1.165) is 17.2 Å². The largest absolute Gasteiger partial charge is 0.492 e. The Hall–Kier alpha value is -0.730. The molecule has 1 aromatic carbocycles. The van der Waals surface area contributed by atoms with Crippen molar-refractivity contribution in [2.75, 3.05) is 13.7 Å². The molecule has 0 amide bonds. The molecule has 0 spiro atoms. The van der Waals surface area contributed by atoms with Crippen molar-refractivity contribution in [3.63, 3.8) is 0 Å². The summed E-state index contributed by atoms with van der Waals surface area (Å²) in [6, 6.07) is 7.96. The van der Waals surface area contributed by atoms with Crippen molar-refractivity contribution >= 4 is 11.6 Å². The SMILES string of the molecule is CCCCCC(COc1cccc(Cl)c1)NC. The summed E-state index contributed by atoms with van der Waals surface area (Å²) in [5.41, 5.74) is 0. The van der Waals surface area contributed by atoms with Crippen molar-refractivity contribution in [3.05, 3.63) is 29.3 Å². The predicted molar refractivity (Wildman–Crippen MR) is 73.9 cm³/mol. The van der Waals surface area contributed by atoms with Crippen LogP contribution < -0.4 is 10.1 Å². The molecule has 0 aliphatic heterocycles. The van der Waals surface area contributed by atoms with Crippen molar-refractivity contribution < 1.29 is 4.74 Å². The van der Waals surface area contributed by atoms with Crippen molar-refractivity contribution in [3.8, 4) is 5.75 Å². The van der Waals surface area contributed by atoms with E-state index in [2.05, 4.69) is 12.2 Å². The molecule has 0 heterocycles. The Morgan fingerprint density at radius 1 is 1.35 bits per heavy atom. The van der Waals surface area contributed by atoms with Gasteiger partial charge in [0.25, 0.3) is 0 Å². The van der Waals surface area contributed by atoms with E-state index in [4.69, 9.17) is 16.3 Å². The Labute approximate surface area is 109 Å². The fourth-order valence-corrected chi connectivity index (χ4v) is 1.89. The third-order valence-corrected chi connectivity index (χ3v) is 3.05. The molecule has 1 aromatic rings. The van der Waals surface area contributed by atoms with Crippen molar-refractivity contribution in [1.29, 1.82) is 0 Å². The number of likely N-dealkylation sites (N-methyl/N-ethyl adjacent to an activating group) is 1. The van der Waals surface area contributed by atoms with Crippen LogP contribution in [0, 0.1) is 0 Å². The lowest BCUT2D eigenvalue weighted by Gasteiger charge is -2.16. The number of ether oxygens (including phenoxy) is 1. The quantitative estimate of drug-likeness (QED) is 0.712. The first kappa shape index (κ1) is 14.3. The number of rotatable bonds is 8. The van der Waals surface area contributed by atoms with Gasteiger partial charge in [-0.2, -0.15) is 0 Å².